The Bertz CT molecular complexity index is 1080. The molecule has 0 atom stereocenters. The van der Waals surface area contributed by atoms with Gasteiger partial charge in [0.05, 0.1) is 15.8 Å². The lowest BCUT2D eigenvalue weighted by Gasteiger charge is -2.04. The second-order valence-electron chi connectivity index (χ2n) is 5.86. The minimum absolute atomic E-state index is 0.0727. The molecular formula is C15H15ClN4O3S3. The van der Waals surface area contributed by atoms with E-state index in [4.69, 9.17) is 11.6 Å². The molecule has 1 fully saturated rings. The molecule has 1 aliphatic carbocycles. The van der Waals surface area contributed by atoms with Gasteiger partial charge in [-0.3, -0.25) is 4.57 Å². The van der Waals surface area contributed by atoms with E-state index in [1.807, 2.05) is 17.5 Å². The number of rotatable bonds is 7. The zero-order valence-corrected chi connectivity index (χ0v) is 16.7. The van der Waals surface area contributed by atoms with Crippen LogP contribution in [0.25, 0.3) is 10.7 Å². The van der Waals surface area contributed by atoms with E-state index in [1.165, 1.54) is 28.2 Å². The molecule has 0 unspecified atom stereocenters. The van der Waals surface area contributed by atoms with Crippen molar-refractivity contribution in [2.24, 2.45) is 0 Å². The van der Waals surface area contributed by atoms with Crippen LogP contribution in [0.15, 0.2) is 38.6 Å². The molecule has 1 saturated carbocycles. The van der Waals surface area contributed by atoms with Crippen molar-refractivity contribution >= 4 is 44.3 Å². The molecule has 0 aromatic carbocycles. The van der Waals surface area contributed by atoms with Gasteiger partial charge in [0.1, 0.15) is 4.21 Å². The summed E-state index contributed by atoms with van der Waals surface area (Å²) in [4.78, 5) is 13.6. The number of nitrogens with one attached hydrogen (secondary N) is 1. The van der Waals surface area contributed by atoms with Crippen molar-refractivity contribution in [3.05, 3.63) is 44.5 Å². The molecule has 0 saturated heterocycles. The van der Waals surface area contributed by atoms with E-state index in [-0.39, 0.29) is 29.0 Å². The zero-order valence-electron chi connectivity index (χ0n) is 13.5. The number of thiophene rings is 2. The molecule has 4 rings (SSSR count). The van der Waals surface area contributed by atoms with Gasteiger partial charge in [-0.2, -0.15) is 0 Å². The fraction of sp³-hybridized carbons (Fsp3) is 0.333. The summed E-state index contributed by atoms with van der Waals surface area (Å²) in [7, 11) is -3.64. The fourth-order valence-electron chi connectivity index (χ4n) is 2.60. The van der Waals surface area contributed by atoms with Crippen molar-refractivity contribution in [3.63, 3.8) is 0 Å². The molecule has 7 nitrogen and oxygen atoms in total. The monoisotopic (exact) mass is 430 g/mol. The van der Waals surface area contributed by atoms with Crippen LogP contribution in [0.1, 0.15) is 18.9 Å². The minimum atomic E-state index is -3.64. The van der Waals surface area contributed by atoms with E-state index in [2.05, 4.69) is 9.82 Å². The van der Waals surface area contributed by atoms with Gasteiger partial charge in [0, 0.05) is 12.6 Å². The second kappa shape index (κ2) is 6.93. The van der Waals surface area contributed by atoms with Crippen molar-refractivity contribution < 1.29 is 8.42 Å². The van der Waals surface area contributed by atoms with Crippen molar-refractivity contribution in [2.45, 2.75) is 29.6 Å². The summed E-state index contributed by atoms with van der Waals surface area (Å²) in [6, 6.07) is 7.03. The predicted octanol–water partition coefficient (Wildman–Crippen LogP) is 2.80. The number of halogens is 1. The standard InChI is InChI=1S/C15H15ClN4O3S3/c16-12-5-6-13(25-12)26(22,23)17-7-8-19-15(21)20(10-3-4-10)14(18-19)11-2-1-9-24-11/h1-2,5-6,9-10,17H,3-4,7-8H2. The molecule has 0 amide bonds. The van der Waals surface area contributed by atoms with Crippen molar-refractivity contribution in [1.82, 2.24) is 19.1 Å². The van der Waals surface area contributed by atoms with Crippen LogP contribution in [0.5, 0.6) is 0 Å². The van der Waals surface area contributed by atoms with Crippen molar-refractivity contribution in [3.8, 4) is 10.7 Å². The van der Waals surface area contributed by atoms with Gasteiger partial charge >= 0.3 is 5.69 Å². The second-order valence-corrected chi connectivity index (χ2v) is 10.5. The van der Waals surface area contributed by atoms with Crippen LogP contribution in [0.2, 0.25) is 4.34 Å². The minimum Gasteiger partial charge on any atom is -0.271 e. The highest BCUT2D eigenvalue weighted by atomic mass is 35.5. The number of aromatic nitrogens is 3. The number of nitrogens with zero attached hydrogens (tertiary/aromatic N) is 3. The molecule has 26 heavy (non-hydrogen) atoms. The lowest BCUT2D eigenvalue weighted by molar-refractivity contribution is 0.548. The maximum atomic E-state index is 12.7. The maximum Gasteiger partial charge on any atom is 0.346 e. The highest BCUT2D eigenvalue weighted by Crippen LogP contribution is 2.37. The predicted molar refractivity (Wildman–Crippen MR) is 103 cm³/mol. The molecule has 138 valence electrons. The highest BCUT2D eigenvalue weighted by Gasteiger charge is 2.30. The molecule has 3 aromatic heterocycles. The van der Waals surface area contributed by atoms with E-state index in [1.54, 1.807) is 4.57 Å². The van der Waals surface area contributed by atoms with E-state index >= 15 is 0 Å². The van der Waals surface area contributed by atoms with E-state index in [0.717, 1.165) is 29.1 Å². The Balaban J connectivity index is 1.52. The van der Waals surface area contributed by atoms with Crippen LogP contribution < -0.4 is 10.4 Å². The smallest absolute Gasteiger partial charge is 0.271 e. The highest BCUT2D eigenvalue weighted by molar-refractivity contribution is 7.91. The number of hydrogen-bond acceptors (Lipinski definition) is 6. The SMILES string of the molecule is O=c1n(CCNS(=O)(=O)c2ccc(Cl)s2)nc(-c2cccs2)n1C1CC1. The third-order valence-electron chi connectivity index (χ3n) is 3.95. The topological polar surface area (TPSA) is 86.0 Å². The van der Waals surface area contributed by atoms with Gasteiger partial charge in [0.25, 0.3) is 0 Å². The van der Waals surface area contributed by atoms with Crippen LogP contribution in [0.4, 0.5) is 0 Å². The summed E-state index contributed by atoms with van der Waals surface area (Å²) in [5.41, 5.74) is -0.200. The van der Waals surface area contributed by atoms with E-state index < -0.39 is 10.0 Å². The first-order valence-electron chi connectivity index (χ1n) is 7.94. The third-order valence-corrected chi connectivity index (χ3v) is 8.00. The summed E-state index contributed by atoms with van der Waals surface area (Å²) >= 11 is 8.31. The Morgan fingerprint density at radius 3 is 2.73 bits per heavy atom. The molecule has 11 heteroatoms. The molecule has 3 heterocycles. The van der Waals surface area contributed by atoms with Crippen LogP contribution in [-0.2, 0) is 16.6 Å². The number of sulfonamides is 1. The van der Waals surface area contributed by atoms with E-state index in [9.17, 15) is 13.2 Å². The van der Waals surface area contributed by atoms with Gasteiger partial charge in [-0.25, -0.2) is 22.6 Å². The molecule has 0 bridgehead atoms. The fourth-order valence-corrected chi connectivity index (χ4v) is 5.85. The molecule has 0 spiro atoms. The Labute approximate surface area is 162 Å². The lowest BCUT2D eigenvalue weighted by Crippen LogP contribution is -2.31. The summed E-state index contributed by atoms with van der Waals surface area (Å²) in [5, 5.41) is 6.37. The van der Waals surface area contributed by atoms with Crippen molar-refractivity contribution in [2.75, 3.05) is 6.54 Å². The van der Waals surface area contributed by atoms with Gasteiger partial charge in [-0.1, -0.05) is 17.7 Å². The quantitative estimate of drug-likeness (QED) is 0.624. The van der Waals surface area contributed by atoms with Gasteiger partial charge in [0.2, 0.25) is 10.0 Å². The Morgan fingerprint density at radius 1 is 1.31 bits per heavy atom. The lowest BCUT2D eigenvalue weighted by atomic mass is 10.4. The average Bonchev–Trinajstić information content (AvgIpc) is 3.00. The Morgan fingerprint density at radius 2 is 2.12 bits per heavy atom. The maximum absolute atomic E-state index is 12.7. The summed E-state index contributed by atoms with van der Waals surface area (Å²) in [6.45, 7) is 0.235. The van der Waals surface area contributed by atoms with Crippen molar-refractivity contribution in [1.29, 1.82) is 0 Å². The Hall–Kier alpha value is -1.46. The van der Waals surface area contributed by atoms with Gasteiger partial charge in [0.15, 0.2) is 5.82 Å². The summed E-state index contributed by atoms with van der Waals surface area (Å²) < 4.78 is 30.6. The summed E-state index contributed by atoms with van der Waals surface area (Å²) in [6.07, 6.45) is 1.94. The molecular weight excluding hydrogens is 416 g/mol. The molecule has 0 aliphatic heterocycles. The number of hydrogen-bond donors (Lipinski definition) is 1. The molecule has 1 aliphatic rings. The normalized spacial score (nSPS) is 14.8. The van der Waals surface area contributed by atoms with Crippen LogP contribution >= 0.6 is 34.3 Å². The van der Waals surface area contributed by atoms with Gasteiger partial charge in [-0.05, 0) is 36.4 Å². The first kappa shape index (κ1) is 17.9. The largest absolute Gasteiger partial charge is 0.346 e. The first-order chi connectivity index (χ1) is 12.5. The first-order valence-corrected chi connectivity index (χ1v) is 11.5. The van der Waals surface area contributed by atoms with E-state index in [0.29, 0.717) is 10.2 Å². The molecule has 1 N–H and O–H groups in total. The molecule has 3 aromatic rings. The molecule has 0 radical (unpaired) electrons. The van der Waals surface area contributed by atoms with Gasteiger partial charge in [-0.15, -0.1) is 27.8 Å². The van der Waals surface area contributed by atoms with Crippen LogP contribution in [0.3, 0.4) is 0 Å². The van der Waals surface area contributed by atoms with Crippen LogP contribution in [0, 0.1) is 0 Å². The van der Waals surface area contributed by atoms with Crippen LogP contribution in [-0.4, -0.2) is 29.3 Å². The zero-order chi connectivity index (χ0) is 18.3. The van der Waals surface area contributed by atoms with Gasteiger partial charge < -0.3 is 0 Å². The third kappa shape index (κ3) is 3.52. The average molecular weight is 431 g/mol. The Kier molecular flexibility index (Phi) is 4.78. The summed E-state index contributed by atoms with van der Waals surface area (Å²) in [5.74, 6) is 0.653.